The van der Waals surface area contributed by atoms with Crippen LogP contribution in [0.4, 0.5) is 10.2 Å². The van der Waals surface area contributed by atoms with Crippen LogP contribution < -0.4 is 5.73 Å². The van der Waals surface area contributed by atoms with Gasteiger partial charge in [-0.2, -0.15) is 0 Å². The SMILES string of the molecule is CCN(C(=O)c1cc(F)cnc1N)C(C)CN(C)C. The largest absolute Gasteiger partial charge is 0.383 e. The van der Waals surface area contributed by atoms with Gasteiger partial charge in [-0.3, -0.25) is 4.79 Å². The molecule has 0 radical (unpaired) electrons. The van der Waals surface area contributed by atoms with Crippen LogP contribution >= 0.6 is 0 Å². The average molecular weight is 268 g/mol. The molecule has 0 fully saturated rings. The van der Waals surface area contributed by atoms with E-state index >= 15 is 0 Å². The Morgan fingerprint density at radius 1 is 1.53 bits per heavy atom. The molecule has 1 heterocycles. The molecule has 1 aromatic rings. The van der Waals surface area contributed by atoms with Crippen LogP contribution in [0.15, 0.2) is 12.3 Å². The second-order valence-corrected chi connectivity index (χ2v) is 4.79. The lowest BCUT2D eigenvalue weighted by Crippen LogP contribution is -2.44. The van der Waals surface area contributed by atoms with Crippen molar-refractivity contribution in [3.63, 3.8) is 0 Å². The molecule has 1 rings (SSSR count). The highest BCUT2D eigenvalue weighted by Crippen LogP contribution is 2.15. The number of carbonyl (C=O) groups is 1. The van der Waals surface area contributed by atoms with Gasteiger partial charge < -0.3 is 15.5 Å². The Balaban J connectivity index is 2.98. The number of anilines is 1. The van der Waals surface area contributed by atoms with Gasteiger partial charge in [0.05, 0.1) is 11.8 Å². The summed E-state index contributed by atoms with van der Waals surface area (Å²) in [6.07, 6.45) is 1.01. The van der Waals surface area contributed by atoms with Crippen molar-refractivity contribution < 1.29 is 9.18 Å². The first kappa shape index (κ1) is 15.4. The van der Waals surface area contributed by atoms with Gasteiger partial charge in [0.25, 0.3) is 5.91 Å². The van der Waals surface area contributed by atoms with Crippen LogP contribution in [0, 0.1) is 5.82 Å². The van der Waals surface area contributed by atoms with E-state index in [1.807, 2.05) is 32.8 Å². The Kier molecular flexibility index (Phi) is 5.23. The summed E-state index contributed by atoms with van der Waals surface area (Å²) in [6.45, 7) is 5.09. The first-order valence-corrected chi connectivity index (χ1v) is 6.23. The molecule has 19 heavy (non-hydrogen) atoms. The van der Waals surface area contributed by atoms with Gasteiger partial charge in [0.1, 0.15) is 11.6 Å². The number of hydrogen-bond acceptors (Lipinski definition) is 4. The molecular formula is C13H21FN4O. The van der Waals surface area contributed by atoms with Crippen molar-refractivity contribution in [2.75, 3.05) is 32.9 Å². The third kappa shape index (κ3) is 3.89. The predicted molar refractivity (Wildman–Crippen MR) is 73.3 cm³/mol. The fourth-order valence-corrected chi connectivity index (χ4v) is 2.06. The highest BCUT2D eigenvalue weighted by atomic mass is 19.1. The zero-order valence-electron chi connectivity index (χ0n) is 11.9. The van der Waals surface area contributed by atoms with E-state index in [9.17, 15) is 9.18 Å². The lowest BCUT2D eigenvalue weighted by atomic mass is 10.1. The molecule has 0 saturated carbocycles. The number of carbonyl (C=O) groups excluding carboxylic acids is 1. The monoisotopic (exact) mass is 268 g/mol. The highest BCUT2D eigenvalue weighted by Gasteiger charge is 2.23. The summed E-state index contributed by atoms with van der Waals surface area (Å²) in [5, 5.41) is 0. The molecule has 106 valence electrons. The molecule has 2 N–H and O–H groups in total. The van der Waals surface area contributed by atoms with E-state index in [-0.39, 0.29) is 23.3 Å². The molecule has 1 amide bonds. The number of nitrogens with zero attached hydrogens (tertiary/aromatic N) is 3. The highest BCUT2D eigenvalue weighted by molar-refractivity contribution is 5.98. The summed E-state index contributed by atoms with van der Waals surface area (Å²) >= 11 is 0. The molecule has 5 nitrogen and oxygen atoms in total. The summed E-state index contributed by atoms with van der Waals surface area (Å²) in [7, 11) is 3.87. The van der Waals surface area contributed by atoms with Crippen molar-refractivity contribution in [1.82, 2.24) is 14.8 Å². The van der Waals surface area contributed by atoms with Crippen molar-refractivity contribution >= 4 is 11.7 Å². The summed E-state index contributed by atoms with van der Waals surface area (Å²) in [5.41, 5.74) is 5.77. The molecular weight excluding hydrogens is 247 g/mol. The van der Waals surface area contributed by atoms with Crippen LogP contribution in [0.25, 0.3) is 0 Å². The van der Waals surface area contributed by atoms with Gasteiger partial charge in [-0.1, -0.05) is 0 Å². The number of nitrogen functional groups attached to an aromatic ring is 1. The van der Waals surface area contributed by atoms with Gasteiger partial charge in [0, 0.05) is 19.1 Å². The van der Waals surface area contributed by atoms with Gasteiger partial charge in [0.15, 0.2) is 0 Å². The van der Waals surface area contributed by atoms with Crippen LogP contribution in [0.3, 0.4) is 0 Å². The van der Waals surface area contributed by atoms with Crippen molar-refractivity contribution in [2.24, 2.45) is 0 Å². The molecule has 1 atom stereocenters. The average Bonchev–Trinajstić information content (AvgIpc) is 2.32. The van der Waals surface area contributed by atoms with Crippen LogP contribution in [-0.2, 0) is 0 Å². The van der Waals surface area contributed by atoms with Crippen molar-refractivity contribution in [2.45, 2.75) is 19.9 Å². The third-order valence-corrected chi connectivity index (χ3v) is 2.88. The fraction of sp³-hybridized carbons (Fsp3) is 0.538. The quantitative estimate of drug-likeness (QED) is 0.872. The lowest BCUT2D eigenvalue weighted by molar-refractivity contribution is 0.0679. The Hall–Kier alpha value is -1.69. The molecule has 0 bridgehead atoms. The molecule has 0 saturated heterocycles. The summed E-state index contributed by atoms with van der Waals surface area (Å²) < 4.78 is 13.2. The van der Waals surface area contributed by atoms with E-state index < -0.39 is 5.82 Å². The first-order chi connectivity index (χ1) is 8.86. The standard InChI is InChI=1S/C13H21FN4O/c1-5-18(9(2)8-17(3)4)13(19)11-6-10(14)7-16-12(11)15/h6-7,9H,5,8H2,1-4H3,(H2,15,16). The van der Waals surface area contributed by atoms with Gasteiger partial charge in [-0.15, -0.1) is 0 Å². The smallest absolute Gasteiger partial charge is 0.257 e. The molecule has 0 aromatic carbocycles. The Morgan fingerprint density at radius 3 is 2.68 bits per heavy atom. The normalized spacial score (nSPS) is 12.5. The van der Waals surface area contributed by atoms with Crippen LogP contribution in [0.2, 0.25) is 0 Å². The minimum atomic E-state index is -0.561. The van der Waals surface area contributed by atoms with E-state index in [4.69, 9.17) is 5.73 Å². The molecule has 6 heteroatoms. The fourth-order valence-electron chi connectivity index (χ4n) is 2.06. The second-order valence-electron chi connectivity index (χ2n) is 4.79. The number of hydrogen-bond donors (Lipinski definition) is 1. The zero-order chi connectivity index (χ0) is 14.6. The zero-order valence-corrected chi connectivity index (χ0v) is 11.9. The summed E-state index contributed by atoms with van der Waals surface area (Å²) in [6, 6.07) is 1.14. The van der Waals surface area contributed by atoms with E-state index in [0.29, 0.717) is 6.54 Å². The van der Waals surface area contributed by atoms with Crippen molar-refractivity contribution in [1.29, 1.82) is 0 Å². The third-order valence-electron chi connectivity index (χ3n) is 2.88. The molecule has 0 aliphatic rings. The Labute approximate surface area is 113 Å². The van der Waals surface area contributed by atoms with Crippen LogP contribution in [-0.4, -0.2) is 53.9 Å². The minimum absolute atomic E-state index is 0.00941. The Morgan fingerprint density at radius 2 is 2.16 bits per heavy atom. The molecule has 1 unspecified atom stereocenters. The van der Waals surface area contributed by atoms with Crippen molar-refractivity contribution in [3.05, 3.63) is 23.6 Å². The number of halogens is 1. The number of amides is 1. The van der Waals surface area contributed by atoms with E-state index in [1.54, 1.807) is 4.90 Å². The Bertz CT molecular complexity index is 450. The van der Waals surface area contributed by atoms with E-state index in [2.05, 4.69) is 4.98 Å². The van der Waals surface area contributed by atoms with Crippen LogP contribution in [0.1, 0.15) is 24.2 Å². The van der Waals surface area contributed by atoms with Gasteiger partial charge >= 0.3 is 0 Å². The van der Waals surface area contributed by atoms with Gasteiger partial charge in [-0.25, -0.2) is 9.37 Å². The van der Waals surface area contributed by atoms with Crippen LogP contribution in [0.5, 0.6) is 0 Å². The lowest BCUT2D eigenvalue weighted by Gasteiger charge is -2.30. The number of nitrogens with two attached hydrogens (primary N) is 1. The summed E-state index contributed by atoms with van der Waals surface area (Å²) in [5.74, 6) is -0.794. The van der Waals surface area contributed by atoms with Crippen molar-refractivity contribution in [3.8, 4) is 0 Å². The molecule has 0 aliphatic heterocycles. The maximum atomic E-state index is 13.2. The number of pyridine rings is 1. The number of rotatable bonds is 5. The molecule has 0 spiro atoms. The molecule has 1 aromatic heterocycles. The first-order valence-electron chi connectivity index (χ1n) is 6.23. The predicted octanol–water partition coefficient (Wildman–Crippen LogP) is 1.22. The molecule has 0 aliphatic carbocycles. The maximum absolute atomic E-state index is 13.2. The van der Waals surface area contributed by atoms with E-state index in [1.165, 1.54) is 0 Å². The second kappa shape index (κ2) is 6.47. The van der Waals surface area contributed by atoms with E-state index in [0.717, 1.165) is 18.8 Å². The summed E-state index contributed by atoms with van der Waals surface area (Å²) in [4.78, 5) is 19.7. The minimum Gasteiger partial charge on any atom is -0.383 e. The maximum Gasteiger partial charge on any atom is 0.257 e. The van der Waals surface area contributed by atoms with Gasteiger partial charge in [-0.05, 0) is 34.0 Å². The van der Waals surface area contributed by atoms with Gasteiger partial charge in [0.2, 0.25) is 0 Å². The number of aromatic nitrogens is 1. The topological polar surface area (TPSA) is 62.5 Å². The number of likely N-dealkylation sites (N-methyl/N-ethyl adjacent to an activating group) is 2.